The average Bonchev–Trinajstić information content (AvgIpc) is 3.22. The fourth-order valence-electron chi connectivity index (χ4n) is 4.35. The van der Waals surface area contributed by atoms with E-state index in [2.05, 4.69) is 22.3 Å². The number of aryl methyl sites for hydroxylation is 1. The maximum atomic E-state index is 13.3. The van der Waals surface area contributed by atoms with Crippen molar-refractivity contribution < 1.29 is 19.5 Å². The van der Waals surface area contributed by atoms with Crippen molar-refractivity contribution in [2.75, 3.05) is 13.1 Å². The van der Waals surface area contributed by atoms with Gasteiger partial charge >= 0.3 is 0 Å². The van der Waals surface area contributed by atoms with E-state index in [-0.39, 0.29) is 35.6 Å². The Morgan fingerprint density at radius 1 is 1.03 bits per heavy atom. The number of hydroxylamine groups is 1. The monoisotopic (exact) mass is 530 g/mol. The van der Waals surface area contributed by atoms with Crippen LogP contribution in [-0.2, 0) is 20.2 Å². The molecule has 0 spiro atoms. The highest BCUT2D eigenvalue weighted by Gasteiger charge is 2.28. The van der Waals surface area contributed by atoms with Crippen LogP contribution in [0.1, 0.15) is 44.8 Å². The van der Waals surface area contributed by atoms with Crippen molar-refractivity contribution in [1.29, 1.82) is 0 Å². The van der Waals surface area contributed by atoms with E-state index in [1.807, 2.05) is 18.2 Å². The number of halogens is 2. The van der Waals surface area contributed by atoms with Gasteiger partial charge in [-0.3, -0.25) is 19.7 Å². The van der Waals surface area contributed by atoms with E-state index >= 15 is 0 Å². The van der Waals surface area contributed by atoms with Crippen LogP contribution in [-0.4, -0.2) is 45.6 Å². The number of likely N-dealkylation sites (tertiary alicyclic amines) is 1. The second-order valence-corrected chi connectivity index (χ2v) is 9.63. The summed E-state index contributed by atoms with van der Waals surface area (Å²) in [5, 5.41) is 13.1. The molecule has 1 aliphatic rings. The molecule has 0 aliphatic carbocycles. The summed E-state index contributed by atoms with van der Waals surface area (Å²) in [7, 11) is 1.65. The summed E-state index contributed by atoms with van der Waals surface area (Å²) in [5.74, 6) is -1.04. The van der Waals surface area contributed by atoms with Gasteiger partial charge in [-0.25, -0.2) is 5.48 Å². The van der Waals surface area contributed by atoms with Crippen LogP contribution in [0, 0.1) is 0 Å². The zero-order valence-electron chi connectivity index (χ0n) is 19.8. The molecule has 3 N–H and O–H groups in total. The van der Waals surface area contributed by atoms with Gasteiger partial charge in [-0.05, 0) is 36.1 Å². The van der Waals surface area contributed by atoms with Crippen LogP contribution in [0.2, 0.25) is 10.0 Å². The van der Waals surface area contributed by atoms with Gasteiger partial charge in [0.05, 0.1) is 10.0 Å². The second-order valence-electron chi connectivity index (χ2n) is 8.82. The first-order chi connectivity index (χ1) is 17.4. The SMILES string of the molecule is Cn1cc(C(=O)NO)c(OCc2ccc(Cl)c(Cl)c2)c1C(=O)NC1CCN(Cc2ccccc2)CC1. The Morgan fingerprint density at radius 3 is 2.42 bits per heavy atom. The van der Waals surface area contributed by atoms with Crippen molar-refractivity contribution >= 4 is 35.0 Å². The summed E-state index contributed by atoms with van der Waals surface area (Å²) in [6.45, 7) is 2.66. The third kappa shape index (κ3) is 6.20. The lowest BCUT2D eigenvalue weighted by Crippen LogP contribution is -2.44. The normalized spacial score (nSPS) is 14.4. The smallest absolute Gasteiger partial charge is 0.279 e. The van der Waals surface area contributed by atoms with Gasteiger partial charge in [0, 0.05) is 38.9 Å². The lowest BCUT2D eigenvalue weighted by Gasteiger charge is -2.32. The molecule has 0 unspecified atom stereocenters. The fraction of sp³-hybridized carbons (Fsp3) is 0.308. The van der Waals surface area contributed by atoms with Gasteiger partial charge in [0.1, 0.15) is 17.9 Å². The van der Waals surface area contributed by atoms with Crippen LogP contribution in [0.15, 0.2) is 54.7 Å². The Morgan fingerprint density at radius 2 is 1.75 bits per heavy atom. The van der Waals surface area contributed by atoms with Crippen LogP contribution in [0.4, 0.5) is 0 Å². The lowest BCUT2D eigenvalue weighted by atomic mass is 10.0. The van der Waals surface area contributed by atoms with Crippen molar-refractivity contribution in [3.8, 4) is 5.75 Å². The van der Waals surface area contributed by atoms with E-state index in [1.54, 1.807) is 30.7 Å². The molecule has 2 heterocycles. The molecule has 10 heteroatoms. The Kier molecular flexibility index (Phi) is 8.53. The van der Waals surface area contributed by atoms with E-state index in [0.717, 1.165) is 32.5 Å². The summed E-state index contributed by atoms with van der Waals surface area (Å²) < 4.78 is 7.45. The zero-order chi connectivity index (χ0) is 25.7. The molecule has 2 amide bonds. The van der Waals surface area contributed by atoms with Gasteiger partial charge in [0.15, 0.2) is 5.75 Å². The Hall–Kier alpha value is -3.04. The van der Waals surface area contributed by atoms with Crippen molar-refractivity contribution in [1.82, 2.24) is 20.3 Å². The molecule has 8 nitrogen and oxygen atoms in total. The van der Waals surface area contributed by atoms with Gasteiger partial charge in [-0.2, -0.15) is 0 Å². The molecule has 1 saturated heterocycles. The summed E-state index contributed by atoms with van der Waals surface area (Å²) in [5.41, 5.74) is 3.83. The number of piperidine rings is 1. The minimum atomic E-state index is -0.775. The first kappa shape index (κ1) is 26.0. The first-order valence-electron chi connectivity index (χ1n) is 11.6. The van der Waals surface area contributed by atoms with Crippen LogP contribution in [0.25, 0.3) is 0 Å². The number of nitrogens with one attached hydrogen (secondary N) is 2. The van der Waals surface area contributed by atoms with Gasteiger partial charge in [-0.1, -0.05) is 59.6 Å². The molecule has 190 valence electrons. The van der Waals surface area contributed by atoms with E-state index in [1.165, 1.54) is 16.3 Å². The quantitative estimate of drug-likeness (QED) is 0.296. The molecule has 0 bridgehead atoms. The molecule has 0 radical (unpaired) electrons. The maximum Gasteiger partial charge on any atom is 0.279 e. The molecular weight excluding hydrogens is 503 g/mol. The summed E-state index contributed by atoms with van der Waals surface area (Å²) in [6.07, 6.45) is 3.08. The van der Waals surface area contributed by atoms with Gasteiger partial charge in [0.25, 0.3) is 11.8 Å². The first-order valence-corrected chi connectivity index (χ1v) is 12.4. The Bertz CT molecular complexity index is 1220. The lowest BCUT2D eigenvalue weighted by molar-refractivity contribution is 0.0702. The highest BCUT2D eigenvalue weighted by atomic mass is 35.5. The molecular formula is C26H28Cl2N4O4. The molecule has 1 fully saturated rings. The van der Waals surface area contributed by atoms with E-state index in [9.17, 15) is 14.8 Å². The number of ether oxygens (including phenoxy) is 1. The minimum Gasteiger partial charge on any atom is -0.486 e. The summed E-state index contributed by atoms with van der Waals surface area (Å²) >= 11 is 12.1. The van der Waals surface area contributed by atoms with E-state index in [0.29, 0.717) is 15.6 Å². The van der Waals surface area contributed by atoms with Gasteiger partial charge in [-0.15, -0.1) is 0 Å². The summed E-state index contributed by atoms with van der Waals surface area (Å²) in [4.78, 5) is 28.0. The Balaban J connectivity index is 1.44. The fourth-order valence-corrected chi connectivity index (χ4v) is 4.67. The van der Waals surface area contributed by atoms with Gasteiger partial charge < -0.3 is 14.6 Å². The predicted octanol–water partition coefficient (Wildman–Crippen LogP) is 4.42. The number of hydrogen-bond donors (Lipinski definition) is 3. The topological polar surface area (TPSA) is 95.8 Å². The number of carbonyl (C=O) groups is 2. The third-order valence-corrected chi connectivity index (χ3v) is 6.97. The number of amides is 2. The molecule has 0 atom stereocenters. The largest absolute Gasteiger partial charge is 0.486 e. The van der Waals surface area contributed by atoms with Crippen molar-refractivity contribution in [3.05, 3.63) is 87.2 Å². The molecule has 2 aromatic carbocycles. The molecule has 0 saturated carbocycles. The van der Waals surface area contributed by atoms with Crippen molar-refractivity contribution in [3.63, 3.8) is 0 Å². The third-order valence-electron chi connectivity index (χ3n) is 6.24. The number of nitrogens with zero attached hydrogens (tertiary/aromatic N) is 2. The molecule has 1 aliphatic heterocycles. The average molecular weight is 531 g/mol. The highest BCUT2D eigenvalue weighted by Crippen LogP contribution is 2.29. The van der Waals surface area contributed by atoms with Crippen LogP contribution < -0.4 is 15.5 Å². The molecule has 3 aromatic rings. The zero-order valence-corrected chi connectivity index (χ0v) is 21.4. The van der Waals surface area contributed by atoms with Crippen LogP contribution >= 0.6 is 23.2 Å². The van der Waals surface area contributed by atoms with Gasteiger partial charge in [0.2, 0.25) is 0 Å². The number of hydrogen-bond acceptors (Lipinski definition) is 5. The summed E-state index contributed by atoms with van der Waals surface area (Å²) in [6, 6.07) is 15.3. The van der Waals surface area contributed by atoms with E-state index in [4.69, 9.17) is 27.9 Å². The van der Waals surface area contributed by atoms with Crippen molar-refractivity contribution in [2.45, 2.75) is 32.0 Å². The van der Waals surface area contributed by atoms with Crippen LogP contribution in [0.5, 0.6) is 5.75 Å². The maximum absolute atomic E-state index is 13.3. The minimum absolute atomic E-state index is 0.00235. The molecule has 4 rings (SSSR count). The number of rotatable bonds is 8. The predicted molar refractivity (Wildman–Crippen MR) is 138 cm³/mol. The van der Waals surface area contributed by atoms with E-state index < -0.39 is 5.91 Å². The Labute approximate surface area is 219 Å². The highest BCUT2D eigenvalue weighted by molar-refractivity contribution is 6.42. The van der Waals surface area contributed by atoms with Crippen LogP contribution in [0.3, 0.4) is 0 Å². The molecule has 36 heavy (non-hydrogen) atoms. The number of carbonyl (C=O) groups excluding carboxylic acids is 2. The number of benzene rings is 2. The molecule has 1 aromatic heterocycles. The second kappa shape index (κ2) is 11.8. The van der Waals surface area contributed by atoms with Crippen molar-refractivity contribution in [2.24, 2.45) is 7.05 Å². The number of aromatic nitrogens is 1. The standard InChI is InChI=1S/C26H28Cl2N4O4/c1-31-15-20(25(33)30-35)24(36-16-18-7-8-21(27)22(28)13-18)23(31)26(34)29-19-9-11-32(12-10-19)14-17-5-3-2-4-6-17/h2-8,13,15,19,35H,9-12,14,16H2,1H3,(H,29,34)(H,30,33).